The highest BCUT2D eigenvalue weighted by atomic mass is 16.5. The van der Waals surface area contributed by atoms with Crippen molar-refractivity contribution < 1.29 is 9.47 Å². The van der Waals surface area contributed by atoms with Gasteiger partial charge in [0.05, 0.1) is 13.2 Å². The quantitative estimate of drug-likeness (QED) is 0.535. The topological polar surface area (TPSA) is 18.5 Å². The fourth-order valence-electron chi connectivity index (χ4n) is 0.611. The van der Waals surface area contributed by atoms with Crippen LogP contribution in [0, 0.1) is 0 Å². The van der Waals surface area contributed by atoms with Gasteiger partial charge < -0.3 is 9.47 Å². The minimum absolute atomic E-state index is 0. The van der Waals surface area contributed by atoms with E-state index in [9.17, 15) is 0 Å². The first-order chi connectivity index (χ1) is 4.91. The lowest BCUT2D eigenvalue weighted by atomic mass is 10.5. The summed E-state index contributed by atoms with van der Waals surface area (Å²) in [5, 5.41) is 0. The van der Waals surface area contributed by atoms with Crippen LogP contribution in [0.2, 0.25) is 0 Å². The Balaban J connectivity index is 0. The van der Waals surface area contributed by atoms with Crippen LogP contribution in [-0.2, 0) is 9.47 Å². The van der Waals surface area contributed by atoms with Crippen LogP contribution in [-0.4, -0.2) is 26.4 Å². The Hall–Kier alpha value is -0.0800. The summed E-state index contributed by atoms with van der Waals surface area (Å²) in [6.45, 7) is 7.41. The largest absolute Gasteiger partial charge is 0.379 e. The van der Waals surface area contributed by atoms with Gasteiger partial charge in [-0.1, -0.05) is 21.3 Å². The molecule has 0 aromatic rings. The summed E-state index contributed by atoms with van der Waals surface area (Å²) in [4.78, 5) is 0. The van der Waals surface area contributed by atoms with Gasteiger partial charge in [0.15, 0.2) is 0 Å². The molecule has 0 bridgehead atoms. The zero-order valence-electron chi connectivity index (χ0n) is 7.06. The first kappa shape index (κ1) is 13.5. The van der Waals surface area contributed by atoms with E-state index < -0.39 is 0 Å². The van der Waals surface area contributed by atoms with Gasteiger partial charge in [-0.15, -0.1) is 0 Å². The lowest BCUT2D eigenvalue weighted by molar-refractivity contribution is 0.0483. The highest BCUT2D eigenvalue weighted by Crippen LogP contribution is 1.83. The molecule has 0 aliphatic rings. The Morgan fingerprint density at radius 1 is 0.727 bits per heavy atom. The van der Waals surface area contributed by atoms with Gasteiger partial charge in [-0.25, -0.2) is 0 Å². The second-order valence-corrected chi connectivity index (χ2v) is 2.22. The van der Waals surface area contributed by atoms with E-state index >= 15 is 0 Å². The molecule has 0 heterocycles. The van der Waals surface area contributed by atoms with Gasteiger partial charge in [-0.05, 0) is 12.8 Å². The van der Waals surface area contributed by atoms with E-state index in [2.05, 4.69) is 13.8 Å². The first-order valence-corrected chi connectivity index (χ1v) is 4.07. The molecule has 0 aliphatic heterocycles. The molecule has 2 heteroatoms. The molecule has 0 saturated heterocycles. The second-order valence-electron chi connectivity index (χ2n) is 2.22. The van der Waals surface area contributed by atoms with E-state index in [4.69, 9.17) is 9.47 Å². The molecule has 0 fully saturated rings. The van der Waals surface area contributed by atoms with Crippen molar-refractivity contribution in [3.63, 3.8) is 0 Å². The third-order valence-corrected chi connectivity index (χ3v) is 1.07. The zero-order valence-corrected chi connectivity index (χ0v) is 7.06. The van der Waals surface area contributed by atoms with Gasteiger partial charge in [0.1, 0.15) is 0 Å². The minimum atomic E-state index is 0. The van der Waals surface area contributed by atoms with Crippen molar-refractivity contribution in [3.05, 3.63) is 0 Å². The molecule has 11 heavy (non-hydrogen) atoms. The standard InChI is InChI=1S/C8H18O2.CH4/c1-3-5-9-7-8-10-6-4-2;/h3-8H2,1-2H3;1H4. The molecule has 0 unspecified atom stereocenters. The molecule has 0 spiro atoms. The summed E-state index contributed by atoms with van der Waals surface area (Å²) < 4.78 is 10.4. The van der Waals surface area contributed by atoms with Crippen molar-refractivity contribution in [3.8, 4) is 0 Å². The summed E-state index contributed by atoms with van der Waals surface area (Å²) in [6.07, 6.45) is 2.18. The van der Waals surface area contributed by atoms with Gasteiger partial charge in [-0.2, -0.15) is 0 Å². The maximum atomic E-state index is 5.20. The van der Waals surface area contributed by atoms with Crippen LogP contribution in [0.4, 0.5) is 0 Å². The molecule has 0 atom stereocenters. The predicted octanol–water partition coefficient (Wildman–Crippen LogP) is 2.48. The average Bonchev–Trinajstić information content (AvgIpc) is 1.97. The SMILES string of the molecule is C.CCCOCCOCCC. The predicted molar refractivity (Wildman–Crippen MR) is 49.0 cm³/mol. The fraction of sp³-hybridized carbons (Fsp3) is 1.00. The molecular formula is C9H22O2. The Kier molecular flexibility index (Phi) is 15.4. The van der Waals surface area contributed by atoms with E-state index in [0.717, 1.165) is 39.3 Å². The van der Waals surface area contributed by atoms with Gasteiger partial charge in [0.2, 0.25) is 0 Å². The van der Waals surface area contributed by atoms with Gasteiger partial charge >= 0.3 is 0 Å². The van der Waals surface area contributed by atoms with E-state index in [-0.39, 0.29) is 7.43 Å². The van der Waals surface area contributed by atoms with Crippen LogP contribution >= 0.6 is 0 Å². The van der Waals surface area contributed by atoms with Crippen LogP contribution in [0.1, 0.15) is 34.1 Å². The van der Waals surface area contributed by atoms with Gasteiger partial charge in [0.25, 0.3) is 0 Å². The second kappa shape index (κ2) is 12.6. The Morgan fingerprint density at radius 2 is 1.09 bits per heavy atom. The summed E-state index contributed by atoms with van der Waals surface area (Å²) in [7, 11) is 0. The molecule has 0 aromatic heterocycles. The fourth-order valence-corrected chi connectivity index (χ4v) is 0.611. The molecule has 2 nitrogen and oxygen atoms in total. The number of rotatable bonds is 7. The lowest BCUT2D eigenvalue weighted by Crippen LogP contribution is -2.04. The number of ether oxygens (including phenoxy) is 2. The average molecular weight is 162 g/mol. The first-order valence-electron chi connectivity index (χ1n) is 4.07. The van der Waals surface area contributed by atoms with Gasteiger partial charge in [0, 0.05) is 13.2 Å². The normalized spacial score (nSPS) is 9.27. The van der Waals surface area contributed by atoms with Crippen LogP contribution in [0.25, 0.3) is 0 Å². The Morgan fingerprint density at radius 3 is 1.36 bits per heavy atom. The van der Waals surface area contributed by atoms with Crippen molar-refractivity contribution in [2.24, 2.45) is 0 Å². The highest BCUT2D eigenvalue weighted by Gasteiger charge is 1.85. The van der Waals surface area contributed by atoms with E-state index in [1.54, 1.807) is 0 Å². The van der Waals surface area contributed by atoms with Crippen molar-refractivity contribution in [2.45, 2.75) is 34.1 Å². The molecule has 70 valence electrons. The molecular weight excluding hydrogens is 140 g/mol. The molecule has 0 aromatic carbocycles. The maximum absolute atomic E-state index is 5.20. The molecule has 0 N–H and O–H groups in total. The van der Waals surface area contributed by atoms with E-state index in [1.807, 2.05) is 0 Å². The number of hydrogen-bond acceptors (Lipinski definition) is 2. The summed E-state index contributed by atoms with van der Waals surface area (Å²) in [5.74, 6) is 0. The Bertz CT molecular complexity index is 47.5. The van der Waals surface area contributed by atoms with Crippen molar-refractivity contribution in [1.29, 1.82) is 0 Å². The minimum Gasteiger partial charge on any atom is -0.379 e. The molecule has 0 amide bonds. The monoisotopic (exact) mass is 162 g/mol. The third kappa shape index (κ3) is 13.0. The van der Waals surface area contributed by atoms with Gasteiger partial charge in [-0.3, -0.25) is 0 Å². The van der Waals surface area contributed by atoms with Crippen molar-refractivity contribution in [2.75, 3.05) is 26.4 Å². The summed E-state index contributed by atoms with van der Waals surface area (Å²) in [6, 6.07) is 0. The molecule has 0 aliphatic carbocycles. The van der Waals surface area contributed by atoms with Crippen LogP contribution in [0.3, 0.4) is 0 Å². The zero-order chi connectivity index (χ0) is 7.66. The Labute approximate surface area is 70.9 Å². The summed E-state index contributed by atoms with van der Waals surface area (Å²) >= 11 is 0. The van der Waals surface area contributed by atoms with Crippen molar-refractivity contribution >= 4 is 0 Å². The molecule has 0 rings (SSSR count). The lowest BCUT2D eigenvalue weighted by Gasteiger charge is -2.02. The number of hydrogen-bond donors (Lipinski definition) is 0. The van der Waals surface area contributed by atoms with Crippen LogP contribution in [0.5, 0.6) is 0 Å². The van der Waals surface area contributed by atoms with E-state index in [1.165, 1.54) is 0 Å². The smallest absolute Gasteiger partial charge is 0.0700 e. The van der Waals surface area contributed by atoms with Crippen LogP contribution < -0.4 is 0 Å². The summed E-state index contributed by atoms with van der Waals surface area (Å²) in [5.41, 5.74) is 0. The van der Waals surface area contributed by atoms with Crippen molar-refractivity contribution in [1.82, 2.24) is 0 Å². The highest BCUT2D eigenvalue weighted by molar-refractivity contribution is 4.30. The van der Waals surface area contributed by atoms with E-state index in [0.29, 0.717) is 0 Å². The molecule has 0 radical (unpaired) electrons. The van der Waals surface area contributed by atoms with Crippen LogP contribution in [0.15, 0.2) is 0 Å². The maximum Gasteiger partial charge on any atom is 0.0700 e. The third-order valence-electron chi connectivity index (χ3n) is 1.07. The molecule has 0 saturated carbocycles.